The third kappa shape index (κ3) is 2.64. The first-order valence-electron chi connectivity index (χ1n) is 7.47. The van der Waals surface area contributed by atoms with E-state index in [1.54, 1.807) is 6.33 Å². The highest BCUT2D eigenvalue weighted by Crippen LogP contribution is 2.37. The molecule has 5 nitrogen and oxygen atoms in total. The van der Waals surface area contributed by atoms with Crippen molar-refractivity contribution in [1.29, 1.82) is 0 Å². The van der Waals surface area contributed by atoms with Crippen LogP contribution in [-0.2, 0) is 6.42 Å². The zero-order chi connectivity index (χ0) is 14.9. The lowest BCUT2D eigenvalue weighted by molar-refractivity contribution is 0.756. The van der Waals surface area contributed by atoms with E-state index >= 15 is 0 Å². The van der Waals surface area contributed by atoms with Crippen LogP contribution in [0.25, 0.3) is 11.2 Å². The number of benzene rings is 1. The van der Waals surface area contributed by atoms with E-state index in [4.69, 9.17) is 11.6 Å². The fourth-order valence-electron chi connectivity index (χ4n) is 2.58. The van der Waals surface area contributed by atoms with E-state index in [2.05, 4.69) is 24.8 Å². The molecule has 0 atom stereocenters. The van der Waals surface area contributed by atoms with Crippen LogP contribution < -0.4 is 5.32 Å². The number of hydrogen-bond donors (Lipinski definition) is 1. The SMILES string of the molecule is Clc1ccc(CCNc2ncnc3c2ncn3C2CC2)cc1. The van der Waals surface area contributed by atoms with Crippen molar-refractivity contribution in [3.8, 4) is 0 Å². The third-order valence-corrected chi connectivity index (χ3v) is 4.17. The quantitative estimate of drug-likeness (QED) is 0.783. The highest BCUT2D eigenvalue weighted by Gasteiger charge is 2.26. The van der Waals surface area contributed by atoms with Crippen LogP contribution >= 0.6 is 11.6 Å². The first-order valence-corrected chi connectivity index (χ1v) is 7.85. The minimum Gasteiger partial charge on any atom is -0.368 e. The standard InChI is InChI=1S/C16H16ClN5/c17-12-3-1-11(2-4-12)7-8-18-15-14-16(20-9-19-15)22(10-21-14)13-5-6-13/h1-4,9-10,13H,5-8H2,(H,18,19,20). The zero-order valence-electron chi connectivity index (χ0n) is 12.0. The Hall–Kier alpha value is -2.14. The Bertz CT molecular complexity index is 792. The first-order chi connectivity index (χ1) is 10.8. The summed E-state index contributed by atoms with van der Waals surface area (Å²) in [5.41, 5.74) is 3.02. The molecule has 0 spiro atoms. The highest BCUT2D eigenvalue weighted by atomic mass is 35.5. The van der Waals surface area contributed by atoms with Gasteiger partial charge < -0.3 is 9.88 Å². The van der Waals surface area contributed by atoms with Gasteiger partial charge in [0.1, 0.15) is 11.8 Å². The summed E-state index contributed by atoms with van der Waals surface area (Å²) in [6.45, 7) is 0.796. The van der Waals surface area contributed by atoms with Crippen LogP contribution in [0.5, 0.6) is 0 Å². The summed E-state index contributed by atoms with van der Waals surface area (Å²) in [7, 11) is 0. The van der Waals surface area contributed by atoms with Gasteiger partial charge in [0.05, 0.1) is 6.33 Å². The van der Waals surface area contributed by atoms with E-state index in [0.717, 1.165) is 35.0 Å². The summed E-state index contributed by atoms with van der Waals surface area (Å²) in [6, 6.07) is 8.48. The van der Waals surface area contributed by atoms with E-state index < -0.39 is 0 Å². The van der Waals surface area contributed by atoms with Crippen molar-refractivity contribution in [2.24, 2.45) is 0 Å². The molecule has 2 heterocycles. The molecule has 0 amide bonds. The van der Waals surface area contributed by atoms with E-state index in [1.165, 1.54) is 18.4 Å². The number of aromatic nitrogens is 4. The summed E-state index contributed by atoms with van der Waals surface area (Å²) in [5.74, 6) is 0.804. The van der Waals surface area contributed by atoms with Crippen molar-refractivity contribution in [1.82, 2.24) is 19.5 Å². The second kappa shape index (κ2) is 5.57. The largest absolute Gasteiger partial charge is 0.368 e. The van der Waals surface area contributed by atoms with E-state index in [-0.39, 0.29) is 0 Å². The fourth-order valence-corrected chi connectivity index (χ4v) is 2.70. The summed E-state index contributed by atoms with van der Waals surface area (Å²) < 4.78 is 2.15. The maximum absolute atomic E-state index is 5.90. The van der Waals surface area contributed by atoms with Gasteiger partial charge in [0.25, 0.3) is 0 Å². The van der Waals surface area contributed by atoms with Gasteiger partial charge in [-0.25, -0.2) is 15.0 Å². The second-order valence-electron chi connectivity index (χ2n) is 5.58. The van der Waals surface area contributed by atoms with Crippen LogP contribution in [0.4, 0.5) is 5.82 Å². The molecular formula is C16H16ClN5. The number of halogens is 1. The predicted octanol–water partition coefficient (Wildman–Crippen LogP) is 3.47. The number of nitrogens with zero attached hydrogens (tertiary/aromatic N) is 4. The molecule has 0 aliphatic heterocycles. The lowest BCUT2D eigenvalue weighted by Crippen LogP contribution is -2.07. The molecule has 1 aliphatic rings. The van der Waals surface area contributed by atoms with Gasteiger partial charge in [-0.15, -0.1) is 0 Å². The number of fused-ring (bicyclic) bond motifs is 1. The molecule has 3 aromatic rings. The highest BCUT2D eigenvalue weighted by molar-refractivity contribution is 6.30. The van der Waals surface area contributed by atoms with E-state index in [0.29, 0.717) is 6.04 Å². The Labute approximate surface area is 133 Å². The van der Waals surface area contributed by atoms with Gasteiger partial charge in [-0.2, -0.15) is 0 Å². The third-order valence-electron chi connectivity index (χ3n) is 3.92. The van der Waals surface area contributed by atoms with Crippen molar-refractivity contribution >= 4 is 28.6 Å². The summed E-state index contributed by atoms with van der Waals surface area (Å²) in [6.07, 6.45) is 6.82. The molecule has 112 valence electrons. The molecule has 1 aliphatic carbocycles. The van der Waals surface area contributed by atoms with Crippen molar-refractivity contribution in [2.45, 2.75) is 25.3 Å². The molecule has 6 heteroatoms. The van der Waals surface area contributed by atoms with Crippen molar-refractivity contribution < 1.29 is 0 Å². The Morgan fingerprint density at radius 3 is 2.73 bits per heavy atom. The van der Waals surface area contributed by atoms with Gasteiger partial charge in [-0.3, -0.25) is 0 Å². The monoisotopic (exact) mass is 313 g/mol. The van der Waals surface area contributed by atoms with Gasteiger partial charge >= 0.3 is 0 Å². The normalized spacial score (nSPS) is 14.4. The number of nitrogens with one attached hydrogen (secondary N) is 1. The molecule has 22 heavy (non-hydrogen) atoms. The lowest BCUT2D eigenvalue weighted by atomic mass is 10.1. The van der Waals surface area contributed by atoms with Gasteiger partial charge in [0.15, 0.2) is 11.5 Å². The number of anilines is 1. The van der Waals surface area contributed by atoms with Crippen LogP contribution in [0.15, 0.2) is 36.9 Å². The number of imidazole rings is 1. The van der Waals surface area contributed by atoms with Crippen LogP contribution in [0, 0.1) is 0 Å². The topological polar surface area (TPSA) is 55.6 Å². The van der Waals surface area contributed by atoms with Crippen LogP contribution in [0.2, 0.25) is 5.02 Å². The smallest absolute Gasteiger partial charge is 0.165 e. The van der Waals surface area contributed by atoms with E-state index in [1.807, 2.05) is 30.6 Å². The minimum absolute atomic E-state index is 0.571. The van der Waals surface area contributed by atoms with E-state index in [9.17, 15) is 0 Å². The van der Waals surface area contributed by atoms with Crippen molar-refractivity contribution in [3.05, 3.63) is 47.5 Å². The molecule has 1 aromatic carbocycles. The average Bonchev–Trinajstić information content (AvgIpc) is 3.29. The molecule has 0 radical (unpaired) electrons. The summed E-state index contributed by atoms with van der Waals surface area (Å²) in [5, 5.41) is 4.13. The Morgan fingerprint density at radius 2 is 1.95 bits per heavy atom. The zero-order valence-corrected chi connectivity index (χ0v) is 12.8. The number of hydrogen-bond acceptors (Lipinski definition) is 4. The van der Waals surface area contributed by atoms with Gasteiger partial charge in [-0.1, -0.05) is 23.7 Å². The lowest BCUT2D eigenvalue weighted by Gasteiger charge is -2.06. The number of rotatable bonds is 5. The fraction of sp³-hybridized carbons (Fsp3) is 0.312. The molecule has 1 fully saturated rings. The average molecular weight is 314 g/mol. The van der Waals surface area contributed by atoms with Gasteiger partial charge in [0, 0.05) is 17.6 Å². The first kappa shape index (κ1) is 13.5. The Morgan fingerprint density at radius 1 is 1.14 bits per heavy atom. The van der Waals surface area contributed by atoms with Gasteiger partial charge in [0.2, 0.25) is 0 Å². The Balaban J connectivity index is 1.48. The summed E-state index contributed by atoms with van der Waals surface area (Å²) in [4.78, 5) is 13.2. The van der Waals surface area contributed by atoms with Gasteiger partial charge in [-0.05, 0) is 37.0 Å². The van der Waals surface area contributed by atoms with Crippen molar-refractivity contribution in [2.75, 3.05) is 11.9 Å². The molecule has 0 bridgehead atoms. The maximum Gasteiger partial charge on any atom is 0.165 e. The molecule has 1 saturated carbocycles. The molecule has 0 saturated heterocycles. The van der Waals surface area contributed by atoms with Crippen LogP contribution in [0.3, 0.4) is 0 Å². The maximum atomic E-state index is 5.90. The predicted molar refractivity (Wildman–Crippen MR) is 87.2 cm³/mol. The molecule has 1 N–H and O–H groups in total. The van der Waals surface area contributed by atoms with Crippen LogP contribution in [-0.4, -0.2) is 26.1 Å². The van der Waals surface area contributed by atoms with Crippen LogP contribution in [0.1, 0.15) is 24.4 Å². The molecule has 0 unspecified atom stereocenters. The summed E-state index contributed by atoms with van der Waals surface area (Å²) >= 11 is 5.90. The molecular weight excluding hydrogens is 298 g/mol. The minimum atomic E-state index is 0.571. The molecule has 2 aromatic heterocycles. The Kier molecular flexibility index (Phi) is 3.42. The van der Waals surface area contributed by atoms with Crippen molar-refractivity contribution in [3.63, 3.8) is 0 Å². The molecule has 4 rings (SSSR count). The second-order valence-corrected chi connectivity index (χ2v) is 6.02.